The largest absolute Gasteiger partial charge is 0.308 e. The van der Waals surface area contributed by atoms with Crippen molar-refractivity contribution in [2.24, 2.45) is 7.05 Å². The Bertz CT molecular complexity index is 598. The van der Waals surface area contributed by atoms with Gasteiger partial charge in [-0.1, -0.05) is 29.8 Å². The molecule has 1 N–H and O–H groups in total. The quantitative estimate of drug-likeness (QED) is 0.838. The Morgan fingerprint density at radius 3 is 2.81 bits per heavy atom. The molecule has 2 aromatic rings. The zero-order valence-corrected chi connectivity index (χ0v) is 14.2. The van der Waals surface area contributed by atoms with Crippen molar-refractivity contribution < 1.29 is 4.39 Å². The Morgan fingerprint density at radius 2 is 2.24 bits per heavy atom. The van der Waals surface area contributed by atoms with Crippen molar-refractivity contribution in [1.29, 1.82) is 0 Å². The molecule has 0 spiro atoms. The predicted octanol–water partition coefficient (Wildman–Crippen LogP) is 3.65. The molecule has 1 aromatic heterocycles. The molecule has 7 heteroatoms. The fraction of sp³-hybridized carbons (Fsp3) is 0.429. The Morgan fingerprint density at radius 1 is 1.48 bits per heavy atom. The Kier molecular flexibility index (Phi) is 5.72. The summed E-state index contributed by atoms with van der Waals surface area (Å²) in [4.78, 5) is 0. The number of aromatic nitrogens is 3. The third-order valence-electron chi connectivity index (χ3n) is 3.24. The number of benzene rings is 1. The Hall–Kier alpha value is -0.980. The molecule has 4 nitrogen and oxygen atoms in total. The average Bonchev–Trinajstić information content (AvgIpc) is 2.77. The topological polar surface area (TPSA) is 42.7 Å². The van der Waals surface area contributed by atoms with Crippen molar-refractivity contribution in [3.8, 4) is 0 Å². The number of rotatable bonds is 6. The van der Waals surface area contributed by atoms with E-state index in [0.29, 0.717) is 16.0 Å². The van der Waals surface area contributed by atoms with E-state index in [0.717, 1.165) is 24.2 Å². The van der Waals surface area contributed by atoms with Crippen LogP contribution in [0.4, 0.5) is 4.39 Å². The third kappa shape index (κ3) is 4.02. The second-order valence-corrected chi connectivity index (χ2v) is 5.99. The summed E-state index contributed by atoms with van der Waals surface area (Å²) < 4.78 is 15.6. The number of nitrogens with zero attached hydrogens (tertiary/aromatic N) is 3. The second kappa shape index (κ2) is 7.33. The first kappa shape index (κ1) is 16.4. The summed E-state index contributed by atoms with van der Waals surface area (Å²) in [5.41, 5.74) is 1.84. The zero-order valence-electron chi connectivity index (χ0n) is 11.9. The van der Waals surface area contributed by atoms with Crippen LogP contribution in [0.5, 0.6) is 0 Å². The van der Waals surface area contributed by atoms with Gasteiger partial charge in [-0.25, -0.2) is 9.07 Å². The third-order valence-corrected chi connectivity index (χ3v) is 4.15. The first-order chi connectivity index (χ1) is 10.0. The van der Waals surface area contributed by atoms with E-state index in [1.807, 2.05) is 7.05 Å². The molecule has 2 rings (SSSR count). The molecule has 0 amide bonds. The van der Waals surface area contributed by atoms with E-state index in [-0.39, 0.29) is 11.9 Å². The van der Waals surface area contributed by atoms with E-state index >= 15 is 0 Å². The predicted molar refractivity (Wildman–Crippen MR) is 84.9 cm³/mol. The van der Waals surface area contributed by atoms with E-state index in [1.165, 1.54) is 12.1 Å². The molecule has 21 heavy (non-hydrogen) atoms. The van der Waals surface area contributed by atoms with Gasteiger partial charge in [0.05, 0.1) is 11.7 Å². The summed E-state index contributed by atoms with van der Waals surface area (Å²) in [6, 6.07) is 4.48. The number of nitrogens with one attached hydrogen (secondary N) is 1. The van der Waals surface area contributed by atoms with Crippen LogP contribution in [0.2, 0.25) is 5.02 Å². The molecule has 0 aliphatic heterocycles. The van der Waals surface area contributed by atoms with E-state index in [9.17, 15) is 4.39 Å². The minimum absolute atomic E-state index is 0.00212. The molecule has 1 atom stereocenters. The molecular formula is C14H17BrClFN4. The molecule has 1 unspecified atom stereocenters. The fourth-order valence-corrected chi connectivity index (χ4v) is 3.05. The molecule has 0 fully saturated rings. The van der Waals surface area contributed by atoms with Gasteiger partial charge < -0.3 is 5.32 Å². The van der Waals surface area contributed by atoms with Crippen LogP contribution in [0.1, 0.15) is 30.6 Å². The maximum absolute atomic E-state index is 13.2. The van der Waals surface area contributed by atoms with E-state index in [4.69, 9.17) is 11.6 Å². The summed E-state index contributed by atoms with van der Waals surface area (Å²) in [5.74, 6) is -0.329. The van der Waals surface area contributed by atoms with Gasteiger partial charge in [-0.15, -0.1) is 5.10 Å². The Labute approximate surface area is 136 Å². The van der Waals surface area contributed by atoms with Crippen molar-refractivity contribution in [2.45, 2.75) is 25.8 Å². The maximum Gasteiger partial charge on any atom is 0.153 e. The highest BCUT2D eigenvalue weighted by atomic mass is 79.9. The summed E-state index contributed by atoms with van der Waals surface area (Å²) in [7, 11) is 1.85. The highest BCUT2D eigenvalue weighted by Crippen LogP contribution is 2.27. The van der Waals surface area contributed by atoms with Gasteiger partial charge in [-0.2, -0.15) is 0 Å². The lowest BCUT2D eigenvalue weighted by Crippen LogP contribution is -2.26. The molecule has 0 aliphatic rings. The van der Waals surface area contributed by atoms with E-state index < -0.39 is 0 Å². The molecule has 0 radical (unpaired) electrons. The van der Waals surface area contributed by atoms with Gasteiger partial charge in [0.1, 0.15) is 5.82 Å². The number of hydrogen-bond acceptors (Lipinski definition) is 3. The van der Waals surface area contributed by atoms with Crippen LogP contribution in [0.25, 0.3) is 0 Å². The van der Waals surface area contributed by atoms with Crippen molar-refractivity contribution in [3.05, 3.63) is 44.9 Å². The van der Waals surface area contributed by atoms with Crippen LogP contribution >= 0.6 is 27.5 Å². The first-order valence-electron chi connectivity index (χ1n) is 6.75. The minimum atomic E-state index is -0.329. The van der Waals surface area contributed by atoms with Crippen molar-refractivity contribution >= 4 is 27.5 Å². The monoisotopic (exact) mass is 374 g/mol. The molecule has 114 valence electrons. The summed E-state index contributed by atoms with van der Waals surface area (Å²) in [6.07, 6.45) is 1.65. The van der Waals surface area contributed by atoms with Gasteiger partial charge in [0.25, 0.3) is 0 Å². The minimum Gasteiger partial charge on any atom is -0.308 e. The van der Waals surface area contributed by atoms with Crippen LogP contribution in [-0.2, 0) is 13.5 Å². The molecule has 0 aliphatic carbocycles. The van der Waals surface area contributed by atoms with Gasteiger partial charge in [-0.3, -0.25) is 0 Å². The number of aryl methyl sites for hydroxylation is 1. The van der Waals surface area contributed by atoms with Gasteiger partial charge >= 0.3 is 0 Å². The molecular weight excluding hydrogens is 359 g/mol. The van der Waals surface area contributed by atoms with Crippen molar-refractivity contribution in [2.75, 3.05) is 6.54 Å². The maximum atomic E-state index is 13.2. The number of halogens is 3. The first-order valence-corrected chi connectivity index (χ1v) is 7.92. The van der Waals surface area contributed by atoms with Crippen molar-refractivity contribution in [3.63, 3.8) is 0 Å². The number of hydrogen-bond donors (Lipinski definition) is 1. The highest BCUT2D eigenvalue weighted by molar-refractivity contribution is 9.10. The van der Waals surface area contributed by atoms with Crippen LogP contribution < -0.4 is 5.32 Å². The van der Waals surface area contributed by atoms with Crippen LogP contribution in [0, 0.1) is 5.82 Å². The van der Waals surface area contributed by atoms with E-state index in [2.05, 4.69) is 38.5 Å². The molecule has 0 saturated carbocycles. The molecule has 0 bridgehead atoms. The normalized spacial score (nSPS) is 12.6. The van der Waals surface area contributed by atoms with E-state index in [1.54, 1.807) is 10.7 Å². The lowest BCUT2D eigenvalue weighted by atomic mass is 10.0. The fourth-order valence-electron chi connectivity index (χ4n) is 2.20. The van der Waals surface area contributed by atoms with Gasteiger partial charge in [0.15, 0.2) is 4.60 Å². The van der Waals surface area contributed by atoms with Crippen LogP contribution in [0.3, 0.4) is 0 Å². The zero-order chi connectivity index (χ0) is 15.4. The van der Waals surface area contributed by atoms with Crippen LogP contribution in [0.15, 0.2) is 22.8 Å². The highest BCUT2D eigenvalue weighted by Gasteiger charge is 2.21. The van der Waals surface area contributed by atoms with Crippen LogP contribution in [-0.4, -0.2) is 21.5 Å². The van der Waals surface area contributed by atoms with Gasteiger partial charge in [-0.05, 0) is 53.0 Å². The van der Waals surface area contributed by atoms with Gasteiger partial charge in [0, 0.05) is 12.1 Å². The lowest BCUT2D eigenvalue weighted by molar-refractivity contribution is 0.490. The lowest BCUT2D eigenvalue weighted by Gasteiger charge is -2.19. The van der Waals surface area contributed by atoms with Gasteiger partial charge in [0.2, 0.25) is 0 Å². The average molecular weight is 376 g/mol. The smallest absolute Gasteiger partial charge is 0.153 e. The summed E-state index contributed by atoms with van der Waals surface area (Å²) >= 11 is 9.56. The molecule has 0 saturated heterocycles. The Balaban J connectivity index is 2.28. The summed E-state index contributed by atoms with van der Waals surface area (Å²) in [6.45, 7) is 2.96. The molecule has 1 heterocycles. The standard InChI is InChI=1S/C14H17BrClFN4/c1-3-6-18-12(13-14(15)19-20-21(13)2)7-9-4-5-10(17)8-11(9)16/h4-5,8,12,18H,3,6-7H2,1-2H3. The van der Waals surface area contributed by atoms with Crippen molar-refractivity contribution in [1.82, 2.24) is 20.3 Å². The molecule has 1 aromatic carbocycles. The second-order valence-electron chi connectivity index (χ2n) is 4.84. The SMILES string of the molecule is CCCNC(Cc1ccc(F)cc1Cl)c1c(Br)nnn1C. The summed E-state index contributed by atoms with van der Waals surface area (Å²) in [5, 5.41) is 11.9.